The number of rotatable bonds is 5. The van der Waals surface area contributed by atoms with Crippen LogP contribution in [0.15, 0.2) is 24.3 Å². The average Bonchev–Trinajstić information content (AvgIpc) is 2.37. The smallest absolute Gasteiger partial charge is 0.304 e. The zero-order valence-electron chi connectivity index (χ0n) is 10.0. The summed E-state index contributed by atoms with van der Waals surface area (Å²) in [5, 5.41) is 8.56. The highest BCUT2D eigenvalue weighted by atomic mass is 32.2. The highest BCUT2D eigenvalue weighted by molar-refractivity contribution is 7.85. The molecule has 0 saturated heterocycles. The molecule has 1 aromatic rings. The van der Waals surface area contributed by atoms with Crippen molar-refractivity contribution < 1.29 is 18.8 Å². The lowest BCUT2D eigenvalue weighted by Gasteiger charge is -2.25. The van der Waals surface area contributed by atoms with E-state index >= 15 is 0 Å². The Labute approximate surface area is 108 Å². The summed E-state index contributed by atoms with van der Waals surface area (Å²) in [7, 11) is -1.15. The van der Waals surface area contributed by atoms with Crippen LogP contribution in [-0.4, -0.2) is 33.4 Å². The highest BCUT2D eigenvalue weighted by Gasteiger charge is 2.22. The zero-order chi connectivity index (χ0) is 13.0. The Morgan fingerprint density at radius 3 is 3.00 bits per heavy atom. The molecule has 0 fully saturated rings. The van der Waals surface area contributed by atoms with Crippen LogP contribution in [0.5, 0.6) is 0 Å². The summed E-state index contributed by atoms with van der Waals surface area (Å²) in [4.78, 5) is 10.4. The zero-order valence-corrected chi connectivity index (χ0v) is 10.8. The molecule has 0 aliphatic carbocycles. The molecule has 1 aliphatic rings. The van der Waals surface area contributed by atoms with Gasteiger partial charge in [-0.2, -0.15) is 0 Å². The lowest BCUT2D eigenvalue weighted by atomic mass is 9.99. The van der Waals surface area contributed by atoms with Gasteiger partial charge in [-0.1, -0.05) is 24.3 Å². The third-order valence-corrected chi connectivity index (χ3v) is 4.31. The second-order valence-electron chi connectivity index (χ2n) is 4.26. The van der Waals surface area contributed by atoms with Crippen molar-refractivity contribution in [1.29, 1.82) is 0 Å². The van der Waals surface area contributed by atoms with Crippen LogP contribution in [0.25, 0.3) is 0 Å². The first-order valence-electron chi connectivity index (χ1n) is 5.93. The number of fused-ring (bicyclic) bond motifs is 1. The van der Waals surface area contributed by atoms with Crippen molar-refractivity contribution in [2.24, 2.45) is 0 Å². The van der Waals surface area contributed by atoms with Gasteiger partial charge in [0.05, 0.1) is 24.9 Å². The fraction of sp³-hybridized carbons (Fsp3) is 0.462. The monoisotopic (exact) mass is 268 g/mol. The van der Waals surface area contributed by atoms with E-state index in [-0.39, 0.29) is 18.3 Å². The van der Waals surface area contributed by atoms with Crippen LogP contribution in [0.2, 0.25) is 0 Å². The molecule has 0 bridgehead atoms. The number of benzene rings is 1. The van der Waals surface area contributed by atoms with Gasteiger partial charge in [-0.15, -0.1) is 0 Å². The summed E-state index contributed by atoms with van der Waals surface area (Å²) >= 11 is 0. The molecular weight excluding hydrogens is 252 g/mol. The van der Waals surface area contributed by atoms with Crippen LogP contribution in [0.3, 0.4) is 0 Å². The second kappa shape index (κ2) is 6.11. The number of carboxylic acids is 1. The van der Waals surface area contributed by atoms with Crippen LogP contribution in [0.4, 0.5) is 0 Å². The van der Waals surface area contributed by atoms with Gasteiger partial charge < -0.3 is 9.84 Å². The second-order valence-corrected chi connectivity index (χ2v) is 5.88. The minimum absolute atomic E-state index is 0.0546. The first-order valence-corrected chi connectivity index (χ1v) is 7.42. The van der Waals surface area contributed by atoms with Crippen LogP contribution >= 0.6 is 0 Å². The van der Waals surface area contributed by atoms with E-state index in [4.69, 9.17) is 9.84 Å². The molecule has 5 heteroatoms. The molecule has 1 aliphatic heterocycles. The summed E-state index contributed by atoms with van der Waals surface area (Å²) < 4.78 is 17.4. The molecule has 0 aromatic heterocycles. The average molecular weight is 268 g/mol. The Balaban J connectivity index is 1.98. The standard InChI is InChI=1S/C13H16O4S/c14-13(15)6-8-18(16)9-12-11-4-2-1-3-10(11)5-7-17-12/h1-4,12H,5-9H2,(H,14,15). The molecule has 0 spiro atoms. The molecule has 1 heterocycles. The summed E-state index contributed by atoms with van der Waals surface area (Å²) in [6.45, 7) is 0.637. The summed E-state index contributed by atoms with van der Waals surface area (Å²) in [6, 6.07) is 7.99. The first kappa shape index (κ1) is 13.2. The largest absolute Gasteiger partial charge is 0.481 e. The van der Waals surface area contributed by atoms with Crippen molar-refractivity contribution in [2.45, 2.75) is 18.9 Å². The molecule has 98 valence electrons. The van der Waals surface area contributed by atoms with Gasteiger partial charge in [0.25, 0.3) is 0 Å². The Kier molecular flexibility index (Phi) is 4.49. The number of carbonyl (C=O) groups is 1. The molecule has 0 amide bonds. The highest BCUT2D eigenvalue weighted by Crippen LogP contribution is 2.27. The molecule has 0 radical (unpaired) electrons. The number of hydrogen-bond donors (Lipinski definition) is 1. The summed E-state index contributed by atoms with van der Waals surface area (Å²) in [5.41, 5.74) is 2.33. The maximum Gasteiger partial charge on any atom is 0.304 e. The lowest BCUT2D eigenvalue weighted by molar-refractivity contribution is -0.136. The molecule has 2 rings (SSSR count). The van der Waals surface area contributed by atoms with E-state index in [9.17, 15) is 9.00 Å². The Morgan fingerprint density at radius 1 is 1.44 bits per heavy atom. The van der Waals surface area contributed by atoms with E-state index in [0.29, 0.717) is 12.4 Å². The van der Waals surface area contributed by atoms with Gasteiger partial charge >= 0.3 is 5.97 Å². The van der Waals surface area contributed by atoms with Crippen molar-refractivity contribution in [3.05, 3.63) is 35.4 Å². The maximum atomic E-state index is 11.8. The molecule has 18 heavy (non-hydrogen) atoms. The van der Waals surface area contributed by atoms with Gasteiger partial charge in [-0.3, -0.25) is 9.00 Å². The predicted molar refractivity (Wildman–Crippen MR) is 69.0 cm³/mol. The maximum absolute atomic E-state index is 11.8. The summed E-state index contributed by atoms with van der Waals surface area (Å²) in [6.07, 6.45) is 0.666. The molecule has 1 N–H and O–H groups in total. The van der Waals surface area contributed by atoms with Gasteiger partial charge in [0, 0.05) is 16.6 Å². The predicted octanol–water partition coefficient (Wildman–Crippen LogP) is 1.52. The number of hydrogen-bond acceptors (Lipinski definition) is 3. The van der Waals surface area contributed by atoms with E-state index in [0.717, 1.165) is 12.0 Å². The third-order valence-electron chi connectivity index (χ3n) is 2.97. The summed E-state index contributed by atoms with van der Waals surface area (Å²) in [5.74, 6) is -0.338. The van der Waals surface area contributed by atoms with Gasteiger partial charge in [0.2, 0.25) is 0 Å². The fourth-order valence-electron chi connectivity index (χ4n) is 2.07. The topological polar surface area (TPSA) is 63.6 Å². The molecule has 0 saturated carbocycles. The van der Waals surface area contributed by atoms with E-state index in [2.05, 4.69) is 6.07 Å². The van der Waals surface area contributed by atoms with Gasteiger partial charge in [0.1, 0.15) is 0 Å². The molecule has 2 unspecified atom stereocenters. The van der Waals surface area contributed by atoms with Crippen molar-refractivity contribution >= 4 is 16.8 Å². The van der Waals surface area contributed by atoms with Gasteiger partial charge in [-0.25, -0.2) is 0 Å². The van der Waals surface area contributed by atoms with Crippen molar-refractivity contribution in [2.75, 3.05) is 18.1 Å². The van der Waals surface area contributed by atoms with Crippen LogP contribution in [-0.2, 0) is 26.8 Å². The van der Waals surface area contributed by atoms with Crippen LogP contribution in [0.1, 0.15) is 23.7 Å². The minimum Gasteiger partial charge on any atom is -0.481 e. The Bertz CT molecular complexity index is 458. The van der Waals surface area contributed by atoms with Crippen molar-refractivity contribution in [3.63, 3.8) is 0 Å². The van der Waals surface area contributed by atoms with Gasteiger partial charge in [-0.05, 0) is 17.5 Å². The minimum atomic E-state index is -1.15. The Hall–Kier alpha value is -1.20. The lowest BCUT2D eigenvalue weighted by Crippen LogP contribution is -2.22. The molecular formula is C13H16O4S. The SMILES string of the molecule is O=C(O)CCS(=O)CC1OCCc2ccccc21. The number of aliphatic carboxylic acids is 1. The van der Waals surface area contributed by atoms with E-state index in [1.54, 1.807) is 0 Å². The van der Waals surface area contributed by atoms with Crippen LogP contribution < -0.4 is 0 Å². The molecule has 1 aromatic carbocycles. The van der Waals surface area contributed by atoms with E-state index in [1.165, 1.54) is 5.56 Å². The number of carboxylic acid groups (broad SMARTS) is 1. The Morgan fingerprint density at radius 2 is 2.22 bits per heavy atom. The fourth-order valence-corrected chi connectivity index (χ4v) is 3.25. The molecule has 4 nitrogen and oxygen atoms in total. The third kappa shape index (κ3) is 3.40. The van der Waals surface area contributed by atoms with Gasteiger partial charge in [0.15, 0.2) is 0 Å². The van der Waals surface area contributed by atoms with E-state index in [1.807, 2.05) is 18.2 Å². The van der Waals surface area contributed by atoms with Crippen molar-refractivity contribution in [3.8, 4) is 0 Å². The van der Waals surface area contributed by atoms with Crippen molar-refractivity contribution in [1.82, 2.24) is 0 Å². The first-order chi connectivity index (χ1) is 8.66. The molecule has 2 atom stereocenters. The van der Waals surface area contributed by atoms with Crippen LogP contribution in [0, 0.1) is 0 Å². The van der Waals surface area contributed by atoms with E-state index < -0.39 is 16.8 Å². The number of ether oxygens (including phenoxy) is 1. The normalized spacial score (nSPS) is 20.1. The quantitative estimate of drug-likeness (QED) is 0.879.